The quantitative estimate of drug-likeness (QED) is 0.364. The Bertz CT molecular complexity index is 1180. The molecule has 0 aliphatic heterocycles. The van der Waals surface area contributed by atoms with Crippen LogP contribution in [0.2, 0.25) is 5.02 Å². The molecule has 0 fully saturated rings. The molecule has 0 spiro atoms. The normalized spacial score (nSPS) is 11.7. The second-order valence-electron chi connectivity index (χ2n) is 7.70. The average molecular weight is 509 g/mol. The minimum absolute atomic E-state index is 0.0901. The molecule has 0 unspecified atom stereocenters. The average Bonchev–Trinajstić information content (AvgIpc) is 3.19. The molecule has 0 saturated heterocycles. The van der Waals surface area contributed by atoms with E-state index in [1.165, 1.54) is 40.7 Å². The first-order chi connectivity index (χ1) is 15.7. The molecular weight excluding hydrogens is 483 g/mol. The topological polar surface area (TPSA) is 57.7 Å². The molecule has 1 amide bonds. The summed E-state index contributed by atoms with van der Waals surface area (Å²) in [5.41, 5.74) is 1.83. The van der Waals surface area contributed by atoms with E-state index in [9.17, 15) is 17.6 Å². The number of carbonyl (C=O) groups is 1. The van der Waals surface area contributed by atoms with Gasteiger partial charge in [-0.15, -0.1) is 11.3 Å². The maximum atomic E-state index is 13.4. The standard InChI is InChI=1S/C24H26ClFN2O3S2/c1-3-13-28(33(30,31)22-10-6-20(25)7-11-22)17-24(29)27(16-23-18(2)12-14-32-23)15-19-4-8-21(26)9-5-19/h4-12,14H,3,13,15-17H2,1-2H3. The van der Waals surface area contributed by atoms with E-state index in [0.717, 1.165) is 16.0 Å². The predicted molar refractivity (Wildman–Crippen MR) is 130 cm³/mol. The van der Waals surface area contributed by atoms with Gasteiger partial charge in [0.2, 0.25) is 15.9 Å². The maximum absolute atomic E-state index is 13.4. The summed E-state index contributed by atoms with van der Waals surface area (Å²) in [6.45, 7) is 4.35. The van der Waals surface area contributed by atoms with Crippen molar-refractivity contribution in [1.82, 2.24) is 9.21 Å². The molecule has 0 radical (unpaired) electrons. The van der Waals surface area contributed by atoms with Crippen LogP contribution in [0, 0.1) is 12.7 Å². The van der Waals surface area contributed by atoms with E-state index >= 15 is 0 Å². The Labute approximate surface area is 203 Å². The third-order valence-corrected chi connectivity index (χ3v) is 8.30. The Balaban J connectivity index is 1.86. The number of thiophene rings is 1. The van der Waals surface area contributed by atoms with Crippen molar-refractivity contribution < 1.29 is 17.6 Å². The van der Waals surface area contributed by atoms with E-state index in [-0.39, 0.29) is 36.3 Å². The number of halogens is 2. The maximum Gasteiger partial charge on any atom is 0.243 e. The number of rotatable bonds is 10. The number of hydrogen-bond donors (Lipinski definition) is 0. The minimum Gasteiger partial charge on any atom is -0.332 e. The summed E-state index contributed by atoms with van der Waals surface area (Å²) in [6.07, 6.45) is 0.558. The van der Waals surface area contributed by atoms with Gasteiger partial charge in [0, 0.05) is 23.0 Å². The lowest BCUT2D eigenvalue weighted by Crippen LogP contribution is -2.42. The first-order valence-corrected chi connectivity index (χ1v) is 13.2. The lowest BCUT2D eigenvalue weighted by molar-refractivity contribution is -0.132. The fraction of sp³-hybridized carbons (Fsp3) is 0.292. The zero-order chi connectivity index (χ0) is 24.0. The number of carbonyl (C=O) groups excluding carboxylic acids is 1. The van der Waals surface area contributed by atoms with Crippen LogP contribution in [0.3, 0.4) is 0 Å². The van der Waals surface area contributed by atoms with Crippen LogP contribution in [-0.2, 0) is 27.9 Å². The van der Waals surface area contributed by atoms with Crippen molar-refractivity contribution in [3.63, 3.8) is 0 Å². The summed E-state index contributed by atoms with van der Waals surface area (Å²) in [4.78, 5) is 16.1. The molecule has 0 aliphatic rings. The van der Waals surface area contributed by atoms with Crippen molar-refractivity contribution in [2.45, 2.75) is 38.3 Å². The van der Waals surface area contributed by atoms with Crippen molar-refractivity contribution >= 4 is 38.9 Å². The van der Waals surface area contributed by atoms with Crippen LogP contribution >= 0.6 is 22.9 Å². The highest BCUT2D eigenvalue weighted by molar-refractivity contribution is 7.89. The Kier molecular flexibility index (Phi) is 8.64. The first kappa shape index (κ1) is 25.4. The number of amides is 1. The molecule has 2 aromatic carbocycles. The van der Waals surface area contributed by atoms with Crippen molar-refractivity contribution in [2.75, 3.05) is 13.1 Å². The van der Waals surface area contributed by atoms with Crippen molar-refractivity contribution in [2.24, 2.45) is 0 Å². The molecular formula is C24H26ClFN2O3S2. The van der Waals surface area contributed by atoms with Gasteiger partial charge in [0.25, 0.3) is 0 Å². The van der Waals surface area contributed by atoms with E-state index in [2.05, 4.69) is 0 Å². The Hall–Kier alpha value is -2.26. The first-order valence-electron chi connectivity index (χ1n) is 10.5. The largest absolute Gasteiger partial charge is 0.332 e. The fourth-order valence-electron chi connectivity index (χ4n) is 3.32. The number of hydrogen-bond acceptors (Lipinski definition) is 4. The second-order valence-corrected chi connectivity index (χ2v) is 11.1. The molecule has 9 heteroatoms. The molecule has 3 rings (SSSR count). The predicted octanol–water partition coefficient (Wildman–Crippen LogP) is 5.48. The van der Waals surface area contributed by atoms with Crippen LogP contribution in [0.4, 0.5) is 4.39 Å². The van der Waals surface area contributed by atoms with Gasteiger partial charge < -0.3 is 4.90 Å². The van der Waals surface area contributed by atoms with Crippen molar-refractivity contribution in [3.8, 4) is 0 Å². The molecule has 0 bridgehead atoms. The van der Waals surface area contributed by atoms with Gasteiger partial charge in [0.1, 0.15) is 5.82 Å². The van der Waals surface area contributed by atoms with Crippen LogP contribution in [0.1, 0.15) is 29.3 Å². The number of sulfonamides is 1. The van der Waals surface area contributed by atoms with Gasteiger partial charge in [-0.05, 0) is 72.3 Å². The van der Waals surface area contributed by atoms with Crippen molar-refractivity contribution in [1.29, 1.82) is 0 Å². The Morgan fingerprint density at radius 3 is 2.27 bits per heavy atom. The summed E-state index contributed by atoms with van der Waals surface area (Å²) in [6, 6.07) is 13.9. The zero-order valence-corrected chi connectivity index (χ0v) is 20.9. The third kappa shape index (κ3) is 6.63. The number of benzene rings is 2. The monoisotopic (exact) mass is 508 g/mol. The number of aryl methyl sites for hydroxylation is 1. The highest BCUT2D eigenvalue weighted by atomic mass is 35.5. The molecule has 33 heavy (non-hydrogen) atoms. The van der Waals surface area contributed by atoms with Gasteiger partial charge in [-0.3, -0.25) is 4.79 Å². The minimum atomic E-state index is -3.88. The molecule has 0 aliphatic carbocycles. The zero-order valence-electron chi connectivity index (χ0n) is 18.5. The summed E-state index contributed by atoms with van der Waals surface area (Å²) in [5, 5.41) is 2.39. The van der Waals surface area contributed by atoms with Crippen LogP contribution in [0.25, 0.3) is 0 Å². The summed E-state index contributed by atoms with van der Waals surface area (Å²) >= 11 is 7.45. The van der Waals surface area contributed by atoms with Crippen LogP contribution < -0.4 is 0 Å². The van der Waals surface area contributed by atoms with E-state index in [1.807, 2.05) is 25.3 Å². The summed E-state index contributed by atoms with van der Waals surface area (Å²) in [7, 11) is -3.88. The fourth-order valence-corrected chi connectivity index (χ4v) is 5.85. The molecule has 3 aromatic rings. The summed E-state index contributed by atoms with van der Waals surface area (Å²) in [5.74, 6) is -0.674. The van der Waals surface area contributed by atoms with Gasteiger partial charge in [-0.1, -0.05) is 30.7 Å². The van der Waals surface area contributed by atoms with Gasteiger partial charge in [0.05, 0.1) is 18.0 Å². The Morgan fingerprint density at radius 2 is 1.70 bits per heavy atom. The lowest BCUT2D eigenvalue weighted by atomic mass is 10.2. The second kappa shape index (κ2) is 11.2. The lowest BCUT2D eigenvalue weighted by Gasteiger charge is -2.27. The number of nitrogens with zero attached hydrogens (tertiary/aromatic N) is 2. The Morgan fingerprint density at radius 1 is 1.03 bits per heavy atom. The van der Waals surface area contributed by atoms with Gasteiger partial charge >= 0.3 is 0 Å². The molecule has 5 nitrogen and oxygen atoms in total. The highest BCUT2D eigenvalue weighted by Crippen LogP contribution is 2.22. The molecule has 0 saturated carbocycles. The van der Waals surface area contributed by atoms with Crippen LogP contribution in [0.5, 0.6) is 0 Å². The van der Waals surface area contributed by atoms with E-state index in [4.69, 9.17) is 11.6 Å². The molecule has 1 aromatic heterocycles. The summed E-state index contributed by atoms with van der Waals surface area (Å²) < 4.78 is 41.0. The van der Waals surface area contributed by atoms with Gasteiger partial charge in [-0.2, -0.15) is 4.31 Å². The van der Waals surface area contributed by atoms with Gasteiger partial charge in [0.15, 0.2) is 0 Å². The van der Waals surface area contributed by atoms with Crippen LogP contribution in [-0.4, -0.2) is 36.6 Å². The highest BCUT2D eigenvalue weighted by Gasteiger charge is 2.28. The van der Waals surface area contributed by atoms with Gasteiger partial charge in [-0.25, -0.2) is 12.8 Å². The molecule has 1 heterocycles. The van der Waals surface area contributed by atoms with Crippen LogP contribution in [0.15, 0.2) is 64.9 Å². The van der Waals surface area contributed by atoms with E-state index in [0.29, 0.717) is 18.0 Å². The molecule has 0 atom stereocenters. The molecule has 0 N–H and O–H groups in total. The SMILES string of the molecule is CCCN(CC(=O)N(Cc1ccc(F)cc1)Cc1sccc1C)S(=O)(=O)c1ccc(Cl)cc1. The smallest absolute Gasteiger partial charge is 0.243 e. The third-order valence-electron chi connectivity index (χ3n) is 5.18. The van der Waals surface area contributed by atoms with E-state index in [1.54, 1.807) is 28.4 Å². The van der Waals surface area contributed by atoms with Crippen molar-refractivity contribution in [3.05, 3.63) is 86.8 Å². The van der Waals surface area contributed by atoms with E-state index < -0.39 is 10.0 Å². The molecule has 176 valence electrons.